The van der Waals surface area contributed by atoms with Crippen LogP contribution < -0.4 is 5.43 Å². The summed E-state index contributed by atoms with van der Waals surface area (Å²) >= 11 is 1.29. The highest BCUT2D eigenvalue weighted by Gasteiger charge is 2.06. The van der Waals surface area contributed by atoms with E-state index in [-0.39, 0.29) is 11.7 Å². The Hall–Kier alpha value is -2.15. The number of carbonyl (C=O) groups excluding carboxylic acids is 1. The van der Waals surface area contributed by atoms with Crippen molar-refractivity contribution in [1.82, 2.24) is 20.4 Å². The first kappa shape index (κ1) is 15.2. The number of H-pyrrole nitrogens is 1. The van der Waals surface area contributed by atoms with Crippen molar-refractivity contribution < 1.29 is 4.79 Å². The zero-order valence-corrected chi connectivity index (χ0v) is 13.0. The minimum absolute atomic E-state index is 0.186. The van der Waals surface area contributed by atoms with Crippen LogP contribution in [0.25, 0.3) is 0 Å². The third-order valence-corrected chi connectivity index (χ3v) is 3.48. The van der Waals surface area contributed by atoms with E-state index in [1.807, 2.05) is 45.2 Å². The first-order valence-electron chi connectivity index (χ1n) is 6.46. The number of aryl methyl sites for hydroxylation is 2. The van der Waals surface area contributed by atoms with Crippen LogP contribution in [0, 0.1) is 13.8 Å². The average molecular weight is 303 g/mol. The standard InChI is InChI=1S/C14H17N5OS/c1-9-7-10(2)17-14(16-9)21-8-13(20)19-18-11(3)12-5-4-6-15-12/h4-7,15H,8H2,1-3H3,(H,19,20). The minimum Gasteiger partial charge on any atom is -0.360 e. The van der Waals surface area contributed by atoms with Gasteiger partial charge in [0.05, 0.1) is 17.2 Å². The maximum absolute atomic E-state index is 11.8. The molecule has 110 valence electrons. The number of nitrogens with zero attached hydrogens (tertiary/aromatic N) is 3. The molecule has 0 saturated carbocycles. The van der Waals surface area contributed by atoms with E-state index in [2.05, 4.69) is 25.5 Å². The highest BCUT2D eigenvalue weighted by atomic mass is 32.2. The van der Waals surface area contributed by atoms with E-state index in [1.54, 1.807) is 0 Å². The molecule has 0 aromatic carbocycles. The van der Waals surface area contributed by atoms with Crippen LogP contribution in [0.5, 0.6) is 0 Å². The Balaban J connectivity index is 1.86. The fourth-order valence-corrected chi connectivity index (χ4v) is 2.42. The topological polar surface area (TPSA) is 83.0 Å². The van der Waals surface area contributed by atoms with E-state index >= 15 is 0 Å². The molecule has 0 aliphatic rings. The number of hydrogen-bond donors (Lipinski definition) is 2. The lowest BCUT2D eigenvalue weighted by Crippen LogP contribution is -2.21. The summed E-state index contributed by atoms with van der Waals surface area (Å²) in [4.78, 5) is 23.3. The Morgan fingerprint density at radius 1 is 1.38 bits per heavy atom. The quantitative estimate of drug-likeness (QED) is 0.383. The van der Waals surface area contributed by atoms with E-state index in [9.17, 15) is 4.79 Å². The van der Waals surface area contributed by atoms with E-state index in [0.717, 1.165) is 22.8 Å². The molecule has 6 nitrogen and oxygen atoms in total. The number of rotatable bonds is 5. The summed E-state index contributed by atoms with van der Waals surface area (Å²) < 4.78 is 0. The number of nitrogens with one attached hydrogen (secondary N) is 2. The molecule has 2 rings (SSSR count). The summed E-state index contributed by atoms with van der Waals surface area (Å²) in [5.41, 5.74) is 5.91. The number of aromatic nitrogens is 3. The average Bonchev–Trinajstić information content (AvgIpc) is 2.95. The third kappa shape index (κ3) is 4.71. The van der Waals surface area contributed by atoms with Crippen LogP contribution in [0.1, 0.15) is 24.0 Å². The van der Waals surface area contributed by atoms with Crippen molar-refractivity contribution in [2.75, 3.05) is 5.75 Å². The van der Waals surface area contributed by atoms with Gasteiger partial charge in [0.2, 0.25) is 0 Å². The van der Waals surface area contributed by atoms with Gasteiger partial charge in [-0.15, -0.1) is 0 Å². The zero-order chi connectivity index (χ0) is 15.2. The second-order valence-corrected chi connectivity index (χ2v) is 5.48. The number of aromatic amines is 1. The van der Waals surface area contributed by atoms with Gasteiger partial charge in [0.25, 0.3) is 5.91 Å². The summed E-state index contributed by atoms with van der Waals surface area (Å²) in [6, 6.07) is 5.67. The molecule has 0 bridgehead atoms. The predicted octanol–water partition coefficient (Wildman–Crippen LogP) is 2.05. The molecule has 2 N–H and O–H groups in total. The summed E-state index contributed by atoms with van der Waals surface area (Å²) in [5.74, 6) is 0.0402. The van der Waals surface area contributed by atoms with Gasteiger partial charge in [0, 0.05) is 17.6 Å². The maximum atomic E-state index is 11.8. The largest absolute Gasteiger partial charge is 0.360 e. The van der Waals surface area contributed by atoms with Crippen molar-refractivity contribution in [3.63, 3.8) is 0 Å². The van der Waals surface area contributed by atoms with Gasteiger partial charge in [-0.2, -0.15) is 5.10 Å². The molecule has 7 heteroatoms. The van der Waals surface area contributed by atoms with Crippen molar-refractivity contribution in [2.45, 2.75) is 25.9 Å². The van der Waals surface area contributed by atoms with Crippen LogP contribution in [0.3, 0.4) is 0 Å². The lowest BCUT2D eigenvalue weighted by molar-refractivity contribution is -0.118. The molecular weight excluding hydrogens is 286 g/mol. The predicted molar refractivity (Wildman–Crippen MR) is 83.4 cm³/mol. The molecule has 2 heterocycles. The second-order valence-electron chi connectivity index (χ2n) is 4.54. The number of hydrogen-bond acceptors (Lipinski definition) is 5. The van der Waals surface area contributed by atoms with Crippen LogP contribution in [0.2, 0.25) is 0 Å². The van der Waals surface area contributed by atoms with Crippen LogP contribution in [0.15, 0.2) is 34.7 Å². The van der Waals surface area contributed by atoms with Crippen LogP contribution in [0.4, 0.5) is 0 Å². The van der Waals surface area contributed by atoms with Gasteiger partial charge < -0.3 is 4.98 Å². The van der Waals surface area contributed by atoms with Gasteiger partial charge in [-0.3, -0.25) is 4.79 Å². The Morgan fingerprint density at radius 2 is 2.10 bits per heavy atom. The third-order valence-electron chi connectivity index (χ3n) is 2.63. The van der Waals surface area contributed by atoms with Crippen molar-refractivity contribution in [3.05, 3.63) is 41.5 Å². The van der Waals surface area contributed by atoms with Crippen molar-refractivity contribution in [3.8, 4) is 0 Å². The molecule has 0 fully saturated rings. The highest BCUT2D eigenvalue weighted by molar-refractivity contribution is 7.99. The lowest BCUT2D eigenvalue weighted by Gasteiger charge is -2.03. The van der Waals surface area contributed by atoms with Crippen molar-refractivity contribution in [2.24, 2.45) is 5.10 Å². The number of thioether (sulfide) groups is 1. The fourth-order valence-electron chi connectivity index (χ4n) is 1.68. The zero-order valence-electron chi connectivity index (χ0n) is 12.2. The molecule has 0 radical (unpaired) electrons. The lowest BCUT2D eigenvalue weighted by atomic mass is 10.3. The second kappa shape index (κ2) is 7.03. The highest BCUT2D eigenvalue weighted by Crippen LogP contribution is 2.13. The first-order chi connectivity index (χ1) is 10.0. The Morgan fingerprint density at radius 3 is 2.71 bits per heavy atom. The summed E-state index contributed by atoms with van der Waals surface area (Å²) in [6.45, 7) is 5.64. The van der Waals surface area contributed by atoms with E-state index < -0.39 is 0 Å². The summed E-state index contributed by atoms with van der Waals surface area (Å²) in [7, 11) is 0. The molecule has 0 aliphatic heterocycles. The van der Waals surface area contributed by atoms with Gasteiger partial charge in [0.1, 0.15) is 0 Å². The van der Waals surface area contributed by atoms with Gasteiger partial charge in [-0.1, -0.05) is 11.8 Å². The molecule has 0 atom stereocenters. The SMILES string of the molecule is CC(=NNC(=O)CSc1nc(C)cc(C)n1)c1ccc[nH]1. The van der Waals surface area contributed by atoms with Crippen LogP contribution >= 0.6 is 11.8 Å². The van der Waals surface area contributed by atoms with E-state index in [1.165, 1.54) is 11.8 Å². The van der Waals surface area contributed by atoms with Crippen LogP contribution in [-0.4, -0.2) is 32.3 Å². The molecule has 2 aromatic rings. The Kier molecular flexibility index (Phi) is 5.10. The monoisotopic (exact) mass is 303 g/mol. The first-order valence-corrected chi connectivity index (χ1v) is 7.45. The minimum atomic E-state index is -0.186. The van der Waals surface area contributed by atoms with Crippen molar-refractivity contribution in [1.29, 1.82) is 0 Å². The van der Waals surface area contributed by atoms with Crippen molar-refractivity contribution >= 4 is 23.4 Å². The summed E-state index contributed by atoms with van der Waals surface area (Å²) in [6.07, 6.45) is 1.81. The number of hydrazone groups is 1. The Labute approximate surface area is 127 Å². The molecule has 1 amide bonds. The number of carbonyl (C=O) groups is 1. The van der Waals surface area contributed by atoms with Gasteiger partial charge in [0.15, 0.2) is 5.16 Å². The van der Waals surface area contributed by atoms with Gasteiger partial charge in [-0.25, -0.2) is 15.4 Å². The molecule has 0 spiro atoms. The van der Waals surface area contributed by atoms with Gasteiger partial charge in [-0.05, 0) is 39.0 Å². The van der Waals surface area contributed by atoms with Gasteiger partial charge >= 0.3 is 0 Å². The molecule has 2 aromatic heterocycles. The number of amides is 1. The normalized spacial score (nSPS) is 11.5. The summed E-state index contributed by atoms with van der Waals surface area (Å²) in [5, 5.41) is 4.65. The molecule has 0 saturated heterocycles. The van der Waals surface area contributed by atoms with Crippen LogP contribution in [-0.2, 0) is 4.79 Å². The Bertz CT molecular complexity index is 631. The molecule has 21 heavy (non-hydrogen) atoms. The molecular formula is C14H17N5OS. The molecule has 0 aliphatic carbocycles. The van der Waals surface area contributed by atoms with E-state index in [0.29, 0.717) is 5.16 Å². The fraction of sp³-hybridized carbons (Fsp3) is 0.286. The smallest absolute Gasteiger partial charge is 0.250 e. The maximum Gasteiger partial charge on any atom is 0.250 e. The molecule has 0 unspecified atom stereocenters. The van der Waals surface area contributed by atoms with E-state index in [4.69, 9.17) is 0 Å².